The molecular formula is C45H46N4O7. The molecule has 1 N–H and O–H groups in total. The second kappa shape index (κ2) is 17.3. The molecule has 0 saturated heterocycles. The molecule has 56 heavy (non-hydrogen) atoms. The van der Waals surface area contributed by atoms with Crippen molar-refractivity contribution in [2.75, 3.05) is 32.6 Å². The van der Waals surface area contributed by atoms with E-state index in [9.17, 15) is 14.4 Å². The van der Waals surface area contributed by atoms with Crippen LogP contribution >= 0.6 is 0 Å². The van der Waals surface area contributed by atoms with Crippen molar-refractivity contribution in [3.63, 3.8) is 0 Å². The molecule has 0 aliphatic heterocycles. The van der Waals surface area contributed by atoms with Gasteiger partial charge in [-0.05, 0) is 94.1 Å². The van der Waals surface area contributed by atoms with Crippen molar-refractivity contribution in [3.05, 3.63) is 131 Å². The molecule has 1 aromatic heterocycles. The van der Waals surface area contributed by atoms with Gasteiger partial charge < -0.3 is 29.0 Å². The Labute approximate surface area is 327 Å². The number of nitrogens with one attached hydrogen (secondary N) is 1. The number of aromatic nitrogens is 2. The number of hydrogen-bond donors (Lipinski definition) is 1. The van der Waals surface area contributed by atoms with Gasteiger partial charge in [-0.2, -0.15) is 4.98 Å². The van der Waals surface area contributed by atoms with E-state index in [1.165, 1.54) is 10.5 Å². The summed E-state index contributed by atoms with van der Waals surface area (Å²) in [6, 6.07) is 28.3. The quantitative estimate of drug-likeness (QED) is 0.118. The van der Waals surface area contributed by atoms with Crippen molar-refractivity contribution in [1.29, 1.82) is 0 Å². The maximum atomic E-state index is 13.9. The maximum absolute atomic E-state index is 13.9. The van der Waals surface area contributed by atoms with Crippen molar-refractivity contribution in [3.8, 4) is 34.0 Å². The van der Waals surface area contributed by atoms with E-state index in [2.05, 4.69) is 46.6 Å². The number of carbonyl (C=O) groups excluding carboxylic acids is 3. The Hall–Kier alpha value is -6.49. The lowest BCUT2D eigenvalue weighted by Gasteiger charge is -2.27. The van der Waals surface area contributed by atoms with Gasteiger partial charge in [0.15, 0.2) is 0 Å². The van der Waals surface area contributed by atoms with E-state index in [0.717, 1.165) is 27.8 Å². The van der Waals surface area contributed by atoms with Gasteiger partial charge in [0.2, 0.25) is 11.7 Å². The second-order valence-corrected chi connectivity index (χ2v) is 14.6. The summed E-state index contributed by atoms with van der Waals surface area (Å²) in [4.78, 5) is 45.9. The van der Waals surface area contributed by atoms with Crippen LogP contribution in [-0.4, -0.2) is 65.7 Å². The predicted octanol–water partition coefficient (Wildman–Crippen LogP) is 8.50. The lowest BCUT2D eigenvalue weighted by Crippen LogP contribution is -2.40. The van der Waals surface area contributed by atoms with Gasteiger partial charge in [-0.1, -0.05) is 77.0 Å². The number of amides is 2. The highest BCUT2D eigenvalue weighted by Crippen LogP contribution is 2.30. The number of benzene rings is 4. The minimum atomic E-state index is -0.714. The van der Waals surface area contributed by atoms with Crippen LogP contribution < -0.4 is 14.8 Å². The molecule has 0 fully saturated rings. The molecule has 1 aliphatic carbocycles. The lowest BCUT2D eigenvalue weighted by atomic mass is 9.97. The predicted molar refractivity (Wildman–Crippen MR) is 215 cm³/mol. The minimum Gasteiger partial charge on any atom is -0.497 e. The maximum Gasteiger partial charge on any atom is 0.326 e. The van der Waals surface area contributed by atoms with Crippen LogP contribution in [0.25, 0.3) is 28.1 Å². The summed E-state index contributed by atoms with van der Waals surface area (Å²) in [5.74, 6) is 1.01. The fourth-order valence-electron chi connectivity index (χ4n) is 6.27. The smallest absolute Gasteiger partial charge is 0.326 e. The number of aryl methyl sites for hydroxylation is 1. The third-order valence-electron chi connectivity index (χ3n) is 9.14. The fraction of sp³-hybridized carbons (Fsp3) is 0.267. The summed E-state index contributed by atoms with van der Waals surface area (Å²) in [7, 11) is 3.10. The molecule has 1 heterocycles. The average Bonchev–Trinajstić information content (AvgIpc) is 3.68. The first-order chi connectivity index (χ1) is 26.9. The van der Waals surface area contributed by atoms with Crippen LogP contribution in [-0.2, 0) is 20.7 Å². The van der Waals surface area contributed by atoms with Crippen LogP contribution in [0.2, 0.25) is 0 Å². The van der Waals surface area contributed by atoms with Gasteiger partial charge in [0.1, 0.15) is 23.6 Å². The van der Waals surface area contributed by atoms with E-state index in [1.807, 2.05) is 36.4 Å². The minimum absolute atomic E-state index is 0.0619. The van der Waals surface area contributed by atoms with E-state index in [0.29, 0.717) is 52.9 Å². The van der Waals surface area contributed by atoms with E-state index in [4.69, 9.17) is 18.7 Å². The number of ether oxygens (including phenoxy) is 3. The van der Waals surface area contributed by atoms with Crippen LogP contribution in [0.1, 0.15) is 61.0 Å². The van der Waals surface area contributed by atoms with Gasteiger partial charge in [-0.3, -0.25) is 14.4 Å². The molecule has 4 aromatic carbocycles. The summed E-state index contributed by atoms with van der Waals surface area (Å²) in [5.41, 5.74) is 6.98. The summed E-state index contributed by atoms with van der Waals surface area (Å²) < 4.78 is 21.9. The highest BCUT2D eigenvalue weighted by atomic mass is 16.6. The third-order valence-corrected chi connectivity index (χ3v) is 9.14. The van der Waals surface area contributed by atoms with Crippen LogP contribution in [0.5, 0.6) is 11.5 Å². The first kappa shape index (κ1) is 39.2. The van der Waals surface area contributed by atoms with Crippen LogP contribution in [0, 0.1) is 6.92 Å². The topological polar surface area (TPSA) is 133 Å². The molecule has 6 rings (SSSR count). The first-order valence-electron chi connectivity index (χ1n) is 18.4. The number of hydrogen-bond acceptors (Lipinski definition) is 9. The number of esters is 1. The molecule has 0 saturated carbocycles. The number of allylic oxidation sites excluding steroid dienone is 3. The molecule has 0 unspecified atom stereocenters. The van der Waals surface area contributed by atoms with Crippen LogP contribution in [0.3, 0.4) is 0 Å². The monoisotopic (exact) mass is 754 g/mol. The number of nitrogens with zero attached hydrogens (tertiary/aromatic N) is 3. The molecular weight excluding hydrogens is 709 g/mol. The highest BCUT2D eigenvalue weighted by Gasteiger charge is 2.25. The molecule has 11 heteroatoms. The zero-order valence-corrected chi connectivity index (χ0v) is 32.5. The number of rotatable bonds is 13. The van der Waals surface area contributed by atoms with Crippen LogP contribution in [0.4, 0.5) is 5.69 Å². The van der Waals surface area contributed by atoms with Gasteiger partial charge >= 0.3 is 5.97 Å². The Bertz CT molecular complexity index is 2250. The third kappa shape index (κ3) is 10.2. The Morgan fingerprint density at radius 3 is 2.12 bits per heavy atom. The molecule has 11 nitrogen and oxygen atoms in total. The van der Waals surface area contributed by atoms with E-state index < -0.39 is 11.6 Å². The summed E-state index contributed by atoms with van der Waals surface area (Å²) in [5, 5.41) is 7.10. The molecule has 288 valence electrons. The molecule has 0 radical (unpaired) electrons. The SMILES string of the molecule is COc1ccc(OC)c(CC(=O)Nc2ccc(C(=O)N(CC(=O)OC(C)(C)C)CC3=CC=C(c4nc(-c5ccc(-c6ccc(C)cc6)cc5)no4)CC3)cc2)c1. The van der Waals surface area contributed by atoms with Crippen molar-refractivity contribution in [1.82, 2.24) is 15.0 Å². The number of methoxy groups -OCH3 is 2. The second-order valence-electron chi connectivity index (χ2n) is 14.6. The molecule has 1 aliphatic rings. The standard InChI is InChI=1S/C45H46N4O7/c1-29-7-11-31(12-8-29)32-15-17-33(18-16-32)42-47-43(56-48-42)34-13-9-30(10-14-34)27-49(28-41(51)55-45(2,3)4)44(52)35-19-21-37(22-20-35)46-40(50)26-36-25-38(53-5)23-24-39(36)54-6/h7-9,11-13,15-25H,10,14,26-28H2,1-6H3,(H,46,50). The lowest BCUT2D eigenvalue weighted by molar-refractivity contribution is -0.155. The van der Waals surface area contributed by atoms with E-state index in [1.54, 1.807) is 77.5 Å². The van der Waals surface area contributed by atoms with Gasteiger partial charge in [-0.25, -0.2) is 0 Å². The number of anilines is 1. The Morgan fingerprint density at radius 1 is 0.821 bits per heavy atom. The van der Waals surface area contributed by atoms with E-state index >= 15 is 0 Å². The van der Waals surface area contributed by atoms with E-state index in [-0.39, 0.29) is 31.3 Å². The fourth-order valence-corrected chi connectivity index (χ4v) is 6.27. The molecule has 0 bridgehead atoms. The molecule has 2 amide bonds. The van der Waals surface area contributed by atoms with Gasteiger partial charge in [-0.15, -0.1) is 0 Å². The largest absolute Gasteiger partial charge is 0.497 e. The van der Waals surface area contributed by atoms with Gasteiger partial charge in [0.05, 0.1) is 20.6 Å². The zero-order chi connectivity index (χ0) is 39.8. The van der Waals surface area contributed by atoms with Crippen molar-refractivity contribution < 1.29 is 33.1 Å². The zero-order valence-electron chi connectivity index (χ0n) is 32.5. The van der Waals surface area contributed by atoms with Gasteiger partial charge in [0, 0.05) is 34.5 Å². The van der Waals surface area contributed by atoms with Gasteiger partial charge in [0.25, 0.3) is 11.8 Å². The summed E-state index contributed by atoms with van der Waals surface area (Å²) in [6.07, 6.45) is 5.16. The van der Waals surface area contributed by atoms with Crippen molar-refractivity contribution in [2.24, 2.45) is 0 Å². The molecule has 5 aromatic rings. The molecule has 0 atom stereocenters. The van der Waals surface area contributed by atoms with Crippen molar-refractivity contribution in [2.45, 2.75) is 52.6 Å². The first-order valence-corrected chi connectivity index (χ1v) is 18.4. The molecule has 0 spiro atoms. The normalized spacial score (nSPS) is 12.6. The Balaban J connectivity index is 1.12. The average molecular weight is 755 g/mol. The highest BCUT2D eigenvalue weighted by molar-refractivity contribution is 5.97. The summed E-state index contributed by atoms with van der Waals surface area (Å²) in [6.45, 7) is 7.40. The Morgan fingerprint density at radius 2 is 1.50 bits per heavy atom. The van der Waals surface area contributed by atoms with Crippen molar-refractivity contribution >= 4 is 29.0 Å². The summed E-state index contributed by atoms with van der Waals surface area (Å²) >= 11 is 0. The Kier molecular flexibility index (Phi) is 12.1. The van der Waals surface area contributed by atoms with Crippen LogP contribution in [0.15, 0.2) is 113 Å². The number of carbonyl (C=O) groups is 3.